The number of carbonyl (C=O) groups excluding carboxylic acids is 1. The number of carbonyl (C=O) groups is 1. The molecule has 0 saturated heterocycles. The van der Waals surface area contributed by atoms with E-state index in [-0.39, 0.29) is 11.9 Å². The zero-order valence-corrected chi connectivity index (χ0v) is 13.7. The van der Waals surface area contributed by atoms with Gasteiger partial charge in [-0.25, -0.2) is 4.98 Å². The maximum Gasteiger partial charge on any atom is 0.255 e. The third-order valence-corrected chi connectivity index (χ3v) is 3.54. The van der Waals surface area contributed by atoms with Crippen LogP contribution in [-0.2, 0) is 0 Å². The molecule has 0 unspecified atom stereocenters. The standard InChI is InChI=1S/C16H21N3O4/c1-11(19-8-7-17-10-19)9-18-16(20)12-5-6-13(21-2)15(23-4)14(12)22-3/h5-8,10-11H,9H2,1-4H3,(H,18,20)/t11-/m0/s1. The van der Waals surface area contributed by atoms with Crippen LogP contribution in [0.25, 0.3) is 0 Å². The SMILES string of the molecule is COc1ccc(C(=O)NC[C@H](C)n2ccnc2)c(OC)c1OC. The third-order valence-electron chi connectivity index (χ3n) is 3.54. The molecule has 1 atom stereocenters. The first-order chi connectivity index (χ1) is 11.1. The van der Waals surface area contributed by atoms with Crippen LogP contribution in [0.4, 0.5) is 0 Å². The van der Waals surface area contributed by atoms with Crippen molar-refractivity contribution in [2.75, 3.05) is 27.9 Å². The number of benzene rings is 1. The number of rotatable bonds is 7. The molecule has 0 bridgehead atoms. The number of ether oxygens (including phenoxy) is 3. The van der Waals surface area contributed by atoms with Gasteiger partial charge in [-0.1, -0.05) is 0 Å². The Morgan fingerprint density at radius 1 is 1.22 bits per heavy atom. The summed E-state index contributed by atoms with van der Waals surface area (Å²) in [6, 6.07) is 3.42. The van der Waals surface area contributed by atoms with Gasteiger partial charge in [-0.15, -0.1) is 0 Å². The second kappa shape index (κ2) is 7.53. The van der Waals surface area contributed by atoms with Crippen molar-refractivity contribution in [1.82, 2.24) is 14.9 Å². The molecule has 2 aromatic rings. The Hall–Kier alpha value is -2.70. The van der Waals surface area contributed by atoms with Gasteiger partial charge in [-0.3, -0.25) is 4.79 Å². The van der Waals surface area contributed by atoms with Crippen LogP contribution in [0.5, 0.6) is 17.2 Å². The van der Waals surface area contributed by atoms with E-state index in [4.69, 9.17) is 14.2 Å². The molecule has 0 aliphatic carbocycles. The largest absolute Gasteiger partial charge is 0.493 e. The summed E-state index contributed by atoms with van der Waals surface area (Å²) < 4.78 is 17.8. The summed E-state index contributed by atoms with van der Waals surface area (Å²) in [5.41, 5.74) is 0.392. The second-order valence-corrected chi connectivity index (χ2v) is 4.95. The average molecular weight is 319 g/mol. The summed E-state index contributed by atoms with van der Waals surface area (Å²) in [4.78, 5) is 16.5. The lowest BCUT2D eigenvalue weighted by molar-refractivity contribution is 0.0944. The van der Waals surface area contributed by atoms with Gasteiger partial charge in [0, 0.05) is 25.0 Å². The summed E-state index contributed by atoms with van der Waals surface area (Å²) in [5.74, 6) is 1.01. The van der Waals surface area contributed by atoms with Gasteiger partial charge in [0.25, 0.3) is 5.91 Å². The Labute approximate surface area is 135 Å². The van der Waals surface area contributed by atoms with Crippen LogP contribution in [0.3, 0.4) is 0 Å². The van der Waals surface area contributed by atoms with E-state index in [2.05, 4.69) is 10.3 Å². The molecule has 0 fully saturated rings. The van der Waals surface area contributed by atoms with Gasteiger partial charge in [-0.2, -0.15) is 0 Å². The van der Waals surface area contributed by atoms with Crippen molar-refractivity contribution in [3.05, 3.63) is 36.4 Å². The van der Waals surface area contributed by atoms with Gasteiger partial charge in [0.05, 0.1) is 33.2 Å². The molecule has 1 heterocycles. The first-order valence-electron chi connectivity index (χ1n) is 7.17. The predicted octanol–water partition coefficient (Wildman–Crippen LogP) is 1.90. The van der Waals surface area contributed by atoms with E-state index in [0.29, 0.717) is 29.4 Å². The minimum absolute atomic E-state index is 0.0904. The lowest BCUT2D eigenvalue weighted by Gasteiger charge is -2.17. The number of nitrogens with zero attached hydrogens (tertiary/aromatic N) is 2. The fraction of sp³-hybridized carbons (Fsp3) is 0.375. The zero-order valence-electron chi connectivity index (χ0n) is 13.7. The second-order valence-electron chi connectivity index (χ2n) is 4.95. The third kappa shape index (κ3) is 3.56. The molecule has 2 rings (SSSR count). The highest BCUT2D eigenvalue weighted by atomic mass is 16.5. The molecule has 23 heavy (non-hydrogen) atoms. The molecule has 1 aromatic heterocycles. The summed E-state index contributed by atoms with van der Waals surface area (Å²) >= 11 is 0. The smallest absolute Gasteiger partial charge is 0.255 e. The molecule has 124 valence electrons. The molecule has 1 aromatic carbocycles. The Morgan fingerprint density at radius 2 is 1.96 bits per heavy atom. The fourth-order valence-corrected chi connectivity index (χ4v) is 2.25. The normalized spacial score (nSPS) is 11.7. The maximum atomic E-state index is 12.5. The molecule has 1 amide bonds. The van der Waals surface area contributed by atoms with Gasteiger partial charge >= 0.3 is 0 Å². The highest BCUT2D eigenvalue weighted by molar-refractivity contribution is 5.98. The number of aromatic nitrogens is 2. The monoisotopic (exact) mass is 319 g/mol. The van der Waals surface area contributed by atoms with Gasteiger partial charge in [0.15, 0.2) is 11.5 Å². The van der Waals surface area contributed by atoms with Crippen LogP contribution >= 0.6 is 0 Å². The molecule has 0 saturated carbocycles. The van der Waals surface area contributed by atoms with Crippen LogP contribution in [0.15, 0.2) is 30.9 Å². The summed E-state index contributed by atoms with van der Waals surface area (Å²) in [6.07, 6.45) is 5.28. The maximum absolute atomic E-state index is 12.5. The van der Waals surface area contributed by atoms with Crippen molar-refractivity contribution in [3.8, 4) is 17.2 Å². The van der Waals surface area contributed by atoms with Gasteiger partial charge in [0.1, 0.15) is 0 Å². The quantitative estimate of drug-likeness (QED) is 0.843. The van der Waals surface area contributed by atoms with Crippen LogP contribution in [-0.4, -0.2) is 43.3 Å². The fourth-order valence-electron chi connectivity index (χ4n) is 2.25. The van der Waals surface area contributed by atoms with Crippen molar-refractivity contribution < 1.29 is 19.0 Å². The van der Waals surface area contributed by atoms with Crippen molar-refractivity contribution in [2.24, 2.45) is 0 Å². The highest BCUT2D eigenvalue weighted by Gasteiger charge is 2.20. The Bertz CT molecular complexity index is 656. The molecule has 0 radical (unpaired) electrons. The van der Waals surface area contributed by atoms with Crippen molar-refractivity contribution in [3.63, 3.8) is 0 Å². The molecule has 0 spiro atoms. The Kier molecular flexibility index (Phi) is 5.46. The molecule has 7 nitrogen and oxygen atoms in total. The zero-order chi connectivity index (χ0) is 16.8. The molecule has 0 aliphatic rings. The Balaban J connectivity index is 2.15. The lowest BCUT2D eigenvalue weighted by Crippen LogP contribution is -2.29. The van der Waals surface area contributed by atoms with Gasteiger partial charge in [0.2, 0.25) is 5.75 Å². The topological polar surface area (TPSA) is 74.6 Å². The number of imidazole rings is 1. The average Bonchev–Trinajstić information content (AvgIpc) is 3.12. The van der Waals surface area contributed by atoms with Gasteiger partial charge < -0.3 is 24.1 Å². The molecular weight excluding hydrogens is 298 g/mol. The predicted molar refractivity (Wildman–Crippen MR) is 85.4 cm³/mol. The van der Waals surface area contributed by atoms with Crippen molar-refractivity contribution >= 4 is 5.91 Å². The van der Waals surface area contributed by atoms with E-state index >= 15 is 0 Å². The van der Waals surface area contributed by atoms with E-state index < -0.39 is 0 Å². The highest BCUT2D eigenvalue weighted by Crippen LogP contribution is 2.39. The van der Waals surface area contributed by atoms with E-state index in [1.54, 1.807) is 24.7 Å². The van der Waals surface area contributed by atoms with Crippen molar-refractivity contribution in [2.45, 2.75) is 13.0 Å². The molecular formula is C16H21N3O4. The number of hydrogen-bond acceptors (Lipinski definition) is 5. The lowest BCUT2D eigenvalue weighted by atomic mass is 10.1. The van der Waals surface area contributed by atoms with E-state index in [0.717, 1.165) is 0 Å². The van der Waals surface area contributed by atoms with E-state index in [9.17, 15) is 4.79 Å². The minimum Gasteiger partial charge on any atom is -0.493 e. The number of hydrogen-bond donors (Lipinski definition) is 1. The molecule has 1 N–H and O–H groups in total. The summed E-state index contributed by atoms with van der Waals surface area (Å²) in [6.45, 7) is 2.46. The molecule has 7 heteroatoms. The van der Waals surface area contributed by atoms with Crippen LogP contribution in [0, 0.1) is 0 Å². The van der Waals surface area contributed by atoms with E-state index in [1.165, 1.54) is 21.3 Å². The van der Waals surface area contributed by atoms with Crippen LogP contribution < -0.4 is 19.5 Å². The summed E-state index contributed by atoms with van der Waals surface area (Å²) in [5, 5.41) is 2.89. The van der Waals surface area contributed by atoms with E-state index in [1.807, 2.05) is 17.7 Å². The minimum atomic E-state index is -0.241. The molecule has 0 aliphatic heterocycles. The number of amides is 1. The van der Waals surface area contributed by atoms with Gasteiger partial charge in [-0.05, 0) is 19.1 Å². The van der Waals surface area contributed by atoms with Crippen LogP contribution in [0.1, 0.15) is 23.3 Å². The Morgan fingerprint density at radius 3 is 2.52 bits per heavy atom. The van der Waals surface area contributed by atoms with Crippen LogP contribution in [0.2, 0.25) is 0 Å². The number of nitrogens with one attached hydrogen (secondary N) is 1. The van der Waals surface area contributed by atoms with Crippen molar-refractivity contribution in [1.29, 1.82) is 0 Å². The summed E-state index contributed by atoms with van der Waals surface area (Å²) in [7, 11) is 4.52. The first-order valence-corrected chi connectivity index (χ1v) is 7.17. The number of methoxy groups -OCH3 is 3. The first kappa shape index (κ1) is 16.7.